The Kier molecular flexibility index (Phi) is 4.71. The monoisotopic (exact) mass is 287 g/mol. The number of nitro groups is 1. The number of pyridine rings is 1. The maximum atomic E-state index is 10.8. The Hall–Kier alpha value is -2.63. The van der Waals surface area contributed by atoms with Crippen molar-refractivity contribution >= 4 is 11.5 Å². The number of hydrogen-bond donors (Lipinski definition) is 1. The zero-order chi connectivity index (χ0) is 15.2. The van der Waals surface area contributed by atoms with Crippen LogP contribution in [0.25, 0.3) is 0 Å². The SMILES string of the molecule is CCNc1cc(COc2ccc([N+](=O)[O-])c(C)c2)ccn1. The van der Waals surface area contributed by atoms with Crippen LogP contribution in [-0.2, 0) is 6.61 Å². The molecule has 0 aliphatic carbocycles. The van der Waals surface area contributed by atoms with E-state index in [1.807, 2.05) is 19.1 Å². The molecule has 0 amide bonds. The van der Waals surface area contributed by atoms with Crippen molar-refractivity contribution in [2.24, 2.45) is 0 Å². The maximum absolute atomic E-state index is 10.8. The van der Waals surface area contributed by atoms with E-state index in [-0.39, 0.29) is 5.69 Å². The fourth-order valence-electron chi connectivity index (χ4n) is 1.93. The highest BCUT2D eigenvalue weighted by atomic mass is 16.6. The van der Waals surface area contributed by atoms with Crippen molar-refractivity contribution in [1.82, 2.24) is 4.98 Å². The second-order valence-corrected chi connectivity index (χ2v) is 4.57. The van der Waals surface area contributed by atoms with Crippen LogP contribution in [0.2, 0.25) is 0 Å². The lowest BCUT2D eigenvalue weighted by Gasteiger charge is -2.08. The molecule has 21 heavy (non-hydrogen) atoms. The van der Waals surface area contributed by atoms with E-state index in [2.05, 4.69) is 10.3 Å². The Labute approximate surface area is 122 Å². The van der Waals surface area contributed by atoms with E-state index in [0.717, 1.165) is 17.9 Å². The third-order valence-electron chi connectivity index (χ3n) is 2.95. The number of aromatic nitrogens is 1. The lowest BCUT2D eigenvalue weighted by molar-refractivity contribution is -0.385. The minimum atomic E-state index is -0.398. The number of anilines is 1. The van der Waals surface area contributed by atoms with Crippen LogP contribution in [0, 0.1) is 17.0 Å². The van der Waals surface area contributed by atoms with Gasteiger partial charge < -0.3 is 10.1 Å². The van der Waals surface area contributed by atoms with Gasteiger partial charge in [-0.15, -0.1) is 0 Å². The van der Waals surface area contributed by atoms with E-state index in [0.29, 0.717) is 17.9 Å². The van der Waals surface area contributed by atoms with Gasteiger partial charge in [-0.1, -0.05) is 0 Å². The van der Waals surface area contributed by atoms with Gasteiger partial charge in [-0.2, -0.15) is 0 Å². The van der Waals surface area contributed by atoms with Crippen molar-refractivity contribution in [1.29, 1.82) is 0 Å². The molecule has 0 unspecified atom stereocenters. The average Bonchev–Trinajstić information content (AvgIpc) is 2.45. The smallest absolute Gasteiger partial charge is 0.272 e. The van der Waals surface area contributed by atoms with Crippen molar-refractivity contribution in [2.75, 3.05) is 11.9 Å². The number of rotatable bonds is 6. The molecular weight excluding hydrogens is 270 g/mol. The first-order valence-electron chi connectivity index (χ1n) is 6.66. The molecule has 0 aliphatic rings. The van der Waals surface area contributed by atoms with E-state index in [1.54, 1.807) is 25.3 Å². The number of hydrogen-bond acceptors (Lipinski definition) is 5. The molecule has 0 radical (unpaired) electrons. The summed E-state index contributed by atoms with van der Waals surface area (Å²) >= 11 is 0. The lowest BCUT2D eigenvalue weighted by atomic mass is 10.2. The molecule has 6 nitrogen and oxygen atoms in total. The molecule has 0 fully saturated rings. The first-order valence-corrected chi connectivity index (χ1v) is 6.66. The highest BCUT2D eigenvalue weighted by Gasteiger charge is 2.10. The highest BCUT2D eigenvalue weighted by molar-refractivity contribution is 5.44. The molecule has 0 bridgehead atoms. The standard InChI is InChI=1S/C15H17N3O3/c1-3-16-15-9-12(6-7-17-15)10-21-13-4-5-14(18(19)20)11(2)8-13/h4-9H,3,10H2,1-2H3,(H,16,17). The molecule has 0 aliphatic heterocycles. The number of nitrogens with one attached hydrogen (secondary N) is 1. The zero-order valence-electron chi connectivity index (χ0n) is 12.0. The van der Waals surface area contributed by atoms with E-state index in [4.69, 9.17) is 4.74 Å². The molecule has 0 saturated heterocycles. The molecule has 0 atom stereocenters. The van der Waals surface area contributed by atoms with Crippen molar-refractivity contribution in [3.05, 3.63) is 57.8 Å². The molecule has 1 aromatic carbocycles. The van der Waals surface area contributed by atoms with Crippen molar-refractivity contribution < 1.29 is 9.66 Å². The van der Waals surface area contributed by atoms with E-state index < -0.39 is 4.92 Å². The fourth-order valence-corrected chi connectivity index (χ4v) is 1.93. The molecule has 2 aromatic rings. The predicted octanol–water partition coefficient (Wildman–Crippen LogP) is 3.31. The third kappa shape index (κ3) is 3.92. The Bertz CT molecular complexity index is 644. The molecule has 110 valence electrons. The van der Waals surface area contributed by atoms with Gasteiger partial charge in [0.05, 0.1) is 4.92 Å². The van der Waals surface area contributed by atoms with E-state index in [1.165, 1.54) is 6.07 Å². The first-order chi connectivity index (χ1) is 10.1. The van der Waals surface area contributed by atoms with Crippen molar-refractivity contribution in [3.63, 3.8) is 0 Å². The molecule has 6 heteroatoms. The number of nitro benzene ring substituents is 1. The summed E-state index contributed by atoms with van der Waals surface area (Å²) in [6, 6.07) is 8.53. The minimum Gasteiger partial charge on any atom is -0.489 e. The summed E-state index contributed by atoms with van der Waals surface area (Å²) < 4.78 is 5.66. The topological polar surface area (TPSA) is 77.3 Å². The lowest BCUT2D eigenvalue weighted by Crippen LogP contribution is -2.02. The summed E-state index contributed by atoms with van der Waals surface area (Å²) in [5, 5.41) is 13.9. The molecule has 1 heterocycles. The van der Waals surface area contributed by atoms with Crippen LogP contribution in [0.15, 0.2) is 36.5 Å². The summed E-state index contributed by atoms with van der Waals surface area (Å²) in [4.78, 5) is 14.6. The number of ether oxygens (including phenoxy) is 1. The van der Waals surface area contributed by atoms with Crippen LogP contribution in [-0.4, -0.2) is 16.5 Å². The Morgan fingerprint density at radius 1 is 1.33 bits per heavy atom. The normalized spacial score (nSPS) is 10.2. The second kappa shape index (κ2) is 6.69. The molecule has 1 N–H and O–H groups in total. The van der Waals surface area contributed by atoms with Gasteiger partial charge in [0.15, 0.2) is 0 Å². The van der Waals surface area contributed by atoms with Gasteiger partial charge in [0.2, 0.25) is 0 Å². The van der Waals surface area contributed by atoms with Crippen LogP contribution < -0.4 is 10.1 Å². The van der Waals surface area contributed by atoms with Crippen LogP contribution in [0.3, 0.4) is 0 Å². The van der Waals surface area contributed by atoms with Crippen molar-refractivity contribution in [2.45, 2.75) is 20.5 Å². The summed E-state index contributed by atoms with van der Waals surface area (Å²) in [5.74, 6) is 1.42. The van der Waals surface area contributed by atoms with Gasteiger partial charge in [-0.25, -0.2) is 4.98 Å². The summed E-state index contributed by atoms with van der Waals surface area (Å²) in [5.41, 5.74) is 1.67. The van der Waals surface area contributed by atoms with Gasteiger partial charge in [0, 0.05) is 24.4 Å². The minimum absolute atomic E-state index is 0.0979. The number of aryl methyl sites for hydroxylation is 1. The predicted molar refractivity (Wildman–Crippen MR) is 80.6 cm³/mol. The van der Waals surface area contributed by atoms with Crippen LogP contribution >= 0.6 is 0 Å². The van der Waals surface area contributed by atoms with Gasteiger partial charge in [0.1, 0.15) is 18.2 Å². The average molecular weight is 287 g/mol. The van der Waals surface area contributed by atoms with Gasteiger partial charge in [-0.3, -0.25) is 10.1 Å². The summed E-state index contributed by atoms with van der Waals surface area (Å²) in [6.07, 6.45) is 1.72. The first kappa shape index (κ1) is 14.8. The Balaban J connectivity index is 2.04. The quantitative estimate of drug-likeness (QED) is 0.651. The Morgan fingerprint density at radius 2 is 2.14 bits per heavy atom. The zero-order valence-corrected chi connectivity index (χ0v) is 12.0. The van der Waals surface area contributed by atoms with E-state index >= 15 is 0 Å². The van der Waals surface area contributed by atoms with E-state index in [9.17, 15) is 10.1 Å². The van der Waals surface area contributed by atoms with Gasteiger partial charge in [-0.05, 0) is 43.7 Å². The number of benzene rings is 1. The Morgan fingerprint density at radius 3 is 2.81 bits per heavy atom. The van der Waals surface area contributed by atoms with Crippen molar-refractivity contribution in [3.8, 4) is 5.75 Å². The molecule has 1 aromatic heterocycles. The highest BCUT2D eigenvalue weighted by Crippen LogP contribution is 2.23. The summed E-state index contributed by atoms with van der Waals surface area (Å²) in [6.45, 7) is 4.89. The molecule has 0 spiro atoms. The number of nitrogens with zero attached hydrogens (tertiary/aromatic N) is 2. The third-order valence-corrected chi connectivity index (χ3v) is 2.95. The largest absolute Gasteiger partial charge is 0.489 e. The second-order valence-electron chi connectivity index (χ2n) is 4.57. The van der Waals surface area contributed by atoms with Gasteiger partial charge in [0.25, 0.3) is 5.69 Å². The molecular formula is C15H17N3O3. The maximum Gasteiger partial charge on any atom is 0.272 e. The van der Waals surface area contributed by atoms with Crippen LogP contribution in [0.4, 0.5) is 11.5 Å². The van der Waals surface area contributed by atoms with Crippen LogP contribution in [0.5, 0.6) is 5.75 Å². The molecule has 2 rings (SSSR count). The van der Waals surface area contributed by atoms with Gasteiger partial charge >= 0.3 is 0 Å². The summed E-state index contributed by atoms with van der Waals surface area (Å²) in [7, 11) is 0. The van der Waals surface area contributed by atoms with Crippen LogP contribution in [0.1, 0.15) is 18.1 Å². The fraction of sp³-hybridized carbons (Fsp3) is 0.267. The molecule has 0 saturated carbocycles.